The average Bonchev–Trinajstić information content (AvgIpc) is 2.53. The summed E-state index contributed by atoms with van der Waals surface area (Å²) in [6.45, 7) is 0. The Morgan fingerprint density at radius 3 is 2.50 bits per heavy atom. The number of hydrogen-bond donors (Lipinski definition) is 0. The number of nitrogens with zero attached hydrogens (tertiary/aromatic N) is 1. The Balaban J connectivity index is 1.99. The molecular weight excluding hydrogens is 246 g/mol. The first-order chi connectivity index (χ1) is 9.86. The number of hydrogen-bond acceptors (Lipinski definition) is 2. The lowest BCUT2D eigenvalue weighted by Gasteiger charge is -1.99. The summed E-state index contributed by atoms with van der Waals surface area (Å²) < 4.78 is 5.13. The zero-order chi connectivity index (χ0) is 13.8. The molecule has 1 heterocycles. The normalized spacial score (nSPS) is 9.85. The van der Waals surface area contributed by atoms with Crippen molar-refractivity contribution in [3.63, 3.8) is 0 Å². The number of fused-ring (bicyclic) bond motifs is 1. The molecule has 1 aromatic heterocycles. The van der Waals surface area contributed by atoms with Gasteiger partial charge in [0.25, 0.3) is 0 Å². The molecule has 0 unspecified atom stereocenters. The molecule has 0 spiro atoms. The van der Waals surface area contributed by atoms with Crippen LogP contribution >= 0.6 is 0 Å². The van der Waals surface area contributed by atoms with E-state index >= 15 is 0 Å². The summed E-state index contributed by atoms with van der Waals surface area (Å²) >= 11 is 0. The summed E-state index contributed by atoms with van der Waals surface area (Å²) in [7, 11) is 1.66. The molecule has 0 atom stereocenters. The van der Waals surface area contributed by atoms with Crippen molar-refractivity contribution in [2.24, 2.45) is 0 Å². The van der Waals surface area contributed by atoms with Crippen molar-refractivity contribution >= 4 is 10.8 Å². The number of ether oxygens (including phenoxy) is 1. The van der Waals surface area contributed by atoms with E-state index in [-0.39, 0.29) is 0 Å². The van der Waals surface area contributed by atoms with Gasteiger partial charge in [-0.3, -0.25) is 4.98 Å². The topological polar surface area (TPSA) is 22.1 Å². The molecule has 2 nitrogen and oxygen atoms in total. The Labute approximate surface area is 118 Å². The highest BCUT2D eigenvalue weighted by Gasteiger charge is 1.97. The van der Waals surface area contributed by atoms with E-state index in [0.29, 0.717) is 0 Å². The number of aromatic nitrogens is 1. The molecule has 3 aromatic rings. The minimum atomic E-state index is 0.836. The second-order valence-electron chi connectivity index (χ2n) is 4.39. The second-order valence-corrected chi connectivity index (χ2v) is 4.39. The predicted octanol–water partition coefficient (Wildman–Crippen LogP) is 3.64. The lowest BCUT2D eigenvalue weighted by molar-refractivity contribution is 0.415. The van der Waals surface area contributed by atoms with E-state index in [2.05, 4.69) is 22.9 Å². The summed E-state index contributed by atoms with van der Waals surface area (Å²) in [4.78, 5) is 4.23. The van der Waals surface area contributed by atoms with Crippen LogP contribution in [-0.4, -0.2) is 12.1 Å². The molecule has 0 radical (unpaired) electrons. The van der Waals surface area contributed by atoms with Crippen molar-refractivity contribution < 1.29 is 4.74 Å². The maximum Gasteiger partial charge on any atom is 0.118 e. The average molecular weight is 259 g/mol. The first-order valence-electron chi connectivity index (χ1n) is 6.35. The van der Waals surface area contributed by atoms with Gasteiger partial charge in [-0.05, 0) is 24.3 Å². The molecule has 0 aliphatic carbocycles. The summed E-state index contributed by atoms with van der Waals surface area (Å²) in [6, 6.07) is 15.8. The minimum Gasteiger partial charge on any atom is -0.497 e. The van der Waals surface area contributed by atoms with E-state index < -0.39 is 0 Å². The molecule has 2 heteroatoms. The SMILES string of the molecule is COc1ccc(C#Cc2cncc3ccccc23)cc1. The van der Waals surface area contributed by atoms with Crippen molar-refractivity contribution in [1.29, 1.82) is 0 Å². The summed E-state index contributed by atoms with van der Waals surface area (Å²) in [6.07, 6.45) is 3.66. The number of rotatable bonds is 1. The van der Waals surface area contributed by atoms with Crippen LogP contribution in [0.1, 0.15) is 11.1 Å². The van der Waals surface area contributed by atoms with E-state index in [0.717, 1.165) is 27.6 Å². The van der Waals surface area contributed by atoms with Crippen molar-refractivity contribution in [2.75, 3.05) is 7.11 Å². The van der Waals surface area contributed by atoms with Crippen LogP contribution in [0.3, 0.4) is 0 Å². The van der Waals surface area contributed by atoms with Crippen molar-refractivity contribution in [2.45, 2.75) is 0 Å². The predicted molar refractivity (Wildman–Crippen MR) is 80.7 cm³/mol. The fourth-order valence-corrected chi connectivity index (χ4v) is 2.03. The smallest absolute Gasteiger partial charge is 0.118 e. The third-order valence-electron chi connectivity index (χ3n) is 3.10. The monoisotopic (exact) mass is 259 g/mol. The quantitative estimate of drug-likeness (QED) is 0.622. The zero-order valence-corrected chi connectivity index (χ0v) is 11.1. The number of pyridine rings is 1. The van der Waals surface area contributed by atoms with Gasteiger partial charge >= 0.3 is 0 Å². The van der Waals surface area contributed by atoms with Crippen molar-refractivity contribution in [3.05, 3.63) is 72.1 Å². The molecule has 0 saturated carbocycles. The fraction of sp³-hybridized carbons (Fsp3) is 0.0556. The lowest BCUT2D eigenvalue weighted by atomic mass is 10.1. The molecule has 0 amide bonds. The van der Waals surface area contributed by atoms with Crippen LogP contribution in [0, 0.1) is 11.8 Å². The van der Waals surface area contributed by atoms with E-state index in [4.69, 9.17) is 4.74 Å². The van der Waals surface area contributed by atoms with Gasteiger partial charge in [0.05, 0.1) is 12.7 Å². The molecule has 0 aliphatic rings. The molecule has 2 aromatic carbocycles. The van der Waals surface area contributed by atoms with Crippen LogP contribution in [0.2, 0.25) is 0 Å². The molecule has 0 bridgehead atoms. The second kappa shape index (κ2) is 5.46. The molecular formula is C18H13NO. The number of methoxy groups -OCH3 is 1. The van der Waals surface area contributed by atoms with E-state index in [1.165, 1.54) is 0 Å². The van der Waals surface area contributed by atoms with Crippen LogP contribution in [0.5, 0.6) is 5.75 Å². The van der Waals surface area contributed by atoms with Gasteiger partial charge in [0, 0.05) is 28.7 Å². The molecule has 0 fully saturated rings. The summed E-state index contributed by atoms with van der Waals surface area (Å²) in [5, 5.41) is 2.23. The largest absolute Gasteiger partial charge is 0.497 e. The molecule has 0 aliphatic heterocycles. The number of benzene rings is 2. The lowest BCUT2D eigenvalue weighted by Crippen LogP contribution is -1.84. The van der Waals surface area contributed by atoms with Gasteiger partial charge in [-0.15, -0.1) is 0 Å². The minimum absolute atomic E-state index is 0.836. The molecule has 20 heavy (non-hydrogen) atoms. The summed E-state index contributed by atoms with van der Waals surface area (Å²) in [5.74, 6) is 7.18. The third kappa shape index (κ3) is 2.48. The highest BCUT2D eigenvalue weighted by molar-refractivity contribution is 5.87. The van der Waals surface area contributed by atoms with E-state index in [9.17, 15) is 0 Å². The molecule has 3 rings (SSSR count). The van der Waals surface area contributed by atoms with Gasteiger partial charge in [0.2, 0.25) is 0 Å². The zero-order valence-electron chi connectivity index (χ0n) is 11.1. The third-order valence-corrected chi connectivity index (χ3v) is 3.10. The van der Waals surface area contributed by atoms with E-state index in [1.807, 2.05) is 48.7 Å². The highest BCUT2D eigenvalue weighted by Crippen LogP contribution is 2.16. The van der Waals surface area contributed by atoms with Crippen LogP contribution < -0.4 is 4.74 Å². The Morgan fingerprint density at radius 1 is 0.900 bits per heavy atom. The van der Waals surface area contributed by atoms with Gasteiger partial charge in [-0.25, -0.2) is 0 Å². The van der Waals surface area contributed by atoms with Gasteiger partial charge in [0.1, 0.15) is 5.75 Å². The van der Waals surface area contributed by atoms with Gasteiger partial charge in [-0.1, -0.05) is 36.1 Å². The maximum atomic E-state index is 5.13. The standard InChI is InChI=1S/C18H13NO/c1-20-17-10-7-14(8-11-17)6-9-16-13-19-12-15-4-2-3-5-18(15)16/h2-5,7-8,10-13H,1H3. The van der Waals surface area contributed by atoms with Crippen LogP contribution in [0.25, 0.3) is 10.8 Å². The Morgan fingerprint density at radius 2 is 1.70 bits per heavy atom. The van der Waals surface area contributed by atoms with Crippen LogP contribution in [0.15, 0.2) is 60.9 Å². The molecule has 0 N–H and O–H groups in total. The van der Waals surface area contributed by atoms with Crippen molar-refractivity contribution in [1.82, 2.24) is 4.98 Å². The first kappa shape index (κ1) is 12.3. The molecule has 0 saturated heterocycles. The Hall–Kier alpha value is -2.79. The van der Waals surface area contributed by atoms with Gasteiger partial charge < -0.3 is 4.74 Å². The van der Waals surface area contributed by atoms with E-state index in [1.54, 1.807) is 13.3 Å². The van der Waals surface area contributed by atoms with Crippen LogP contribution in [-0.2, 0) is 0 Å². The maximum absolute atomic E-state index is 5.13. The summed E-state index contributed by atoms with van der Waals surface area (Å²) in [5.41, 5.74) is 1.90. The molecule has 96 valence electrons. The van der Waals surface area contributed by atoms with Crippen LogP contribution in [0.4, 0.5) is 0 Å². The Kier molecular flexibility index (Phi) is 3.34. The fourth-order valence-electron chi connectivity index (χ4n) is 2.03. The highest BCUT2D eigenvalue weighted by atomic mass is 16.5. The first-order valence-corrected chi connectivity index (χ1v) is 6.35. The van der Waals surface area contributed by atoms with Gasteiger partial charge in [-0.2, -0.15) is 0 Å². The van der Waals surface area contributed by atoms with Gasteiger partial charge in [0.15, 0.2) is 0 Å². The van der Waals surface area contributed by atoms with Crippen molar-refractivity contribution in [3.8, 4) is 17.6 Å². The Bertz CT molecular complexity index is 790.